The third kappa shape index (κ3) is 4.97. The Bertz CT molecular complexity index is 764. The number of carbonyl (C=O) groups excluding carboxylic acids is 1. The molecule has 0 N–H and O–H groups in total. The second-order valence-corrected chi connectivity index (χ2v) is 6.29. The largest absolute Gasteiger partial charge is 0.573 e. The van der Waals surface area contributed by atoms with Crippen LogP contribution in [0.4, 0.5) is 13.2 Å². The molecule has 1 aliphatic heterocycles. The molecule has 0 radical (unpaired) electrons. The molecule has 0 bridgehead atoms. The van der Waals surface area contributed by atoms with E-state index in [0.717, 1.165) is 12.0 Å². The fourth-order valence-electron chi connectivity index (χ4n) is 3.20. The van der Waals surface area contributed by atoms with E-state index in [0.29, 0.717) is 31.2 Å². The van der Waals surface area contributed by atoms with Crippen molar-refractivity contribution in [3.05, 3.63) is 41.5 Å². The molecule has 7 nitrogen and oxygen atoms in total. The molecule has 2 aromatic rings. The molecule has 1 fully saturated rings. The maximum absolute atomic E-state index is 12.3. The zero-order valence-corrected chi connectivity index (χ0v) is 14.5. The summed E-state index contributed by atoms with van der Waals surface area (Å²) in [5.41, 5.74) is 0.803. The number of amides is 1. The standard InChI is InChI=1S/C17H18F3N3O4/c1-25-9-15-21-16(27-22-15)13-6-12(7-23(8-13)10-24)11-2-4-14(5-3-11)26-17(18,19)20/h2-5,10,12-13H,6-9H2,1H3. The lowest BCUT2D eigenvalue weighted by Crippen LogP contribution is -2.37. The third-order valence-electron chi connectivity index (χ3n) is 4.32. The van der Waals surface area contributed by atoms with Crippen LogP contribution in [-0.4, -0.2) is 48.0 Å². The van der Waals surface area contributed by atoms with Gasteiger partial charge in [0.2, 0.25) is 12.3 Å². The van der Waals surface area contributed by atoms with Crippen LogP contribution in [0.25, 0.3) is 0 Å². The van der Waals surface area contributed by atoms with Gasteiger partial charge in [0.25, 0.3) is 0 Å². The minimum absolute atomic E-state index is 0.0772. The number of carbonyl (C=O) groups is 1. The first-order valence-electron chi connectivity index (χ1n) is 8.24. The molecule has 1 aromatic carbocycles. The van der Waals surface area contributed by atoms with Gasteiger partial charge in [0.1, 0.15) is 12.4 Å². The van der Waals surface area contributed by atoms with Crippen LogP contribution in [0, 0.1) is 0 Å². The first-order chi connectivity index (χ1) is 12.9. The monoisotopic (exact) mass is 385 g/mol. The van der Waals surface area contributed by atoms with Crippen LogP contribution in [0.15, 0.2) is 28.8 Å². The molecule has 27 heavy (non-hydrogen) atoms. The van der Waals surface area contributed by atoms with Crippen LogP contribution < -0.4 is 4.74 Å². The molecule has 2 heterocycles. The Balaban J connectivity index is 1.75. The molecule has 1 aliphatic rings. The lowest BCUT2D eigenvalue weighted by Gasteiger charge is -2.34. The first kappa shape index (κ1) is 19.2. The molecule has 146 valence electrons. The summed E-state index contributed by atoms with van der Waals surface area (Å²) in [6.45, 7) is 1.11. The maximum Gasteiger partial charge on any atom is 0.573 e. The summed E-state index contributed by atoms with van der Waals surface area (Å²) in [5, 5.41) is 3.83. The number of likely N-dealkylation sites (tertiary alicyclic amines) is 1. The van der Waals surface area contributed by atoms with Crippen LogP contribution in [-0.2, 0) is 16.1 Å². The van der Waals surface area contributed by atoms with Crippen molar-refractivity contribution in [3.63, 3.8) is 0 Å². The van der Waals surface area contributed by atoms with Crippen molar-refractivity contribution in [2.24, 2.45) is 0 Å². The normalized spacial score (nSPS) is 20.5. The van der Waals surface area contributed by atoms with Crippen molar-refractivity contribution in [1.82, 2.24) is 15.0 Å². The fourth-order valence-corrected chi connectivity index (χ4v) is 3.20. The van der Waals surface area contributed by atoms with Crippen molar-refractivity contribution in [1.29, 1.82) is 0 Å². The highest BCUT2D eigenvalue weighted by Gasteiger charge is 2.33. The van der Waals surface area contributed by atoms with Crippen molar-refractivity contribution < 1.29 is 32.0 Å². The highest BCUT2D eigenvalue weighted by Crippen LogP contribution is 2.35. The van der Waals surface area contributed by atoms with Gasteiger partial charge < -0.3 is 18.9 Å². The zero-order valence-electron chi connectivity index (χ0n) is 14.5. The smallest absolute Gasteiger partial charge is 0.406 e. The maximum atomic E-state index is 12.3. The van der Waals surface area contributed by atoms with Crippen LogP contribution in [0.3, 0.4) is 0 Å². The predicted molar refractivity (Wildman–Crippen MR) is 85.9 cm³/mol. The molecule has 2 unspecified atom stereocenters. The second kappa shape index (κ2) is 7.95. The average molecular weight is 385 g/mol. The van der Waals surface area contributed by atoms with E-state index < -0.39 is 6.36 Å². The number of aromatic nitrogens is 2. The number of hydrogen-bond donors (Lipinski definition) is 0. The van der Waals surface area contributed by atoms with Crippen LogP contribution in [0.5, 0.6) is 5.75 Å². The molecule has 0 aliphatic carbocycles. The van der Waals surface area contributed by atoms with Gasteiger partial charge in [0.05, 0.1) is 5.92 Å². The molecule has 3 rings (SSSR count). The number of ether oxygens (including phenoxy) is 2. The Morgan fingerprint density at radius 2 is 1.96 bits per heavy atom. The summed E-state index contributed by atoms with van der Waals surface area (Å²) in [6.07, 6.45) is -3.37. The molecule has 2 atom stereocenters. The van der Waals surface area contributed by atoms with Gasteiger partial charge in [0, 0.05) is 26.1 Å². The number of alkyl halides is 3. The lowest BCUT2D eigenvalue weighted by atomic mass is 9.84. The van der Waals surface area contributed by atoms with Crippen LogP contribution in [0.1, 0.15) is 35.5 Å². The van der Waals surface area contributed by atoms with Gasteiger partial charge in [-0.15, -0.1) is 13.2 Å². The van der Waals surface area contributed by atoms with Crippen molar-refractivity contribution in [3.8, 4) is 5.75 Å². The van der Waals surface area contributed by atoms with E-state index in [-0.39, 0.29) is 24.2 Å². The highest BCUT2D eigenvalue weighted by atomic mass is 19.4. The first-order valence-corrected chi connectivity index (χ1v) is 8.24. The van der Waals surface area contributed by atoms with Crippen molar-refractivity contribution in [2.75, 3.05) is 20.2 Å². The fraction of sp³-hybridized carbons (Fsp3) is 0.471. The molecular formula is C17H18F3N3O4. The summed E-state index contributed by atoms with van der Waals surface area (Å²) >= 11 is 0. The number of halogens is 3. The average Bonchev–Trinajstić information content (AvgIpc) is 3.10. The molecular weight excluding hydrogens is 367 g/mol. The topological polar surface area (TPSA) is 77.7 Å². The Morgan fingerprint density at radius 1 is 1.26 bits per heavy atom. The van der Waals surface area contributed by atoms with E-state index in [1.54, 1.807) is 17.0 Å². The SMILES string of the molecule is COCc1noc(C2CC(c3ccc(OC(F)(F)F)cc3)CN(C=O)C2)n1. The number of methoxy groups -OCH3 is 1. The minimum Gasteiger partial charge on any atom is -0.406 e. The third-order valence-corrected chi connectivity index (χ3v) is 4.32. The van der Waals surface area contributed by atoms with E-state index in [1.165, 1.54) is 19.2 Å². The Morgan fingerprint density at radius 3 is 2.59 bits per heavy atom. The summed E-state index contributed by atoms with van der Waals surface area (Å²) in [5.74, 6) is 0.299. The number of hydrogen-bond acceptors (Lipinski definition) is 6. The zero-order chi connectivity index (χ0) is 19.4. The van der Waals surface area contributed by atoms with Crippen molar-refractivity contribution >= 4 is 6.41 Å². The van der Waals surface area contributed by atoms with E-state index in [9.17, 15) is 18.0 Å². The van der Waals surface area contributed by atoms with Gasteiger partial charge in [0.15, 0.2) is 5.82 Å². The summed E-state index contributed by atoms with van der Waals surface area (Å²) < 4.78 is 51.0. The van der Waals surface area contributed by atoms with E-state index in [2.05, 4.69) is 14.9 Å². The van der Waals surface area contributed by atoms with E-state index in [4.69, 9.17) is 9.26 Å². The minimum atomic E-state index is -4.73. The van der Waals surface area contributed by atoms with Gasteiger partial charge in [-0.2, -0.15) is 4.98 Å². The van der Waals surface area contributed by atoms with Crippen LogP contribution in [0.2, 0.25) is 0 Å². The summed E-state index contributed by atoms with van der Waals surface area (Å²) in [6, 6.07) is 5.67. The molecule has 1 amide bonds. The Hall–Kier alpha value is -2.62. The molecule has 1 aromatic heterocycles. The number of rotatable bonds is 6. The van der Waals surface area contributed by atoms with Gasteiger partial charge in [-0.1, -0.05) is 17.3 Å². The van der Waals surface area contributed by atoms with E-state index in [1.807, 2.05) is 0 Å². The molecule has 1 saturated heterocycles. The number of piperidine rings is 1. The molecule has 10 heteroatoms. The van der Waals surface area contributed by atoms with Gasteiger partial charge >= 0.3 is 6.36 Å². The summed E-state index contributed by atoms with van der Waals surface area (Å²) in [7, 11) is 1.52. The number of nitrogens with zero attached hydrogens (tertiary/aromatic N) is 3. The van der Waals surface area contributed by atoms with Gasteiger partial charge in [-0.25, -0.2) is 0 Å². The quantitative estimate of drug-likeness (QED) is 0.712. The molecule has 0 spiro atoms. The highest BCUT2D eigenvalue weighted by molar-refractivity contribution is 5.48. The Labute approximate surface area is 153 Å². The van der Waals surface area contributed by atoms with Gasteiger partial charge in [-0.05, 0) is 24.1 Å². The summed E-state index contributed by atoms with van der Waals surface area (Å²) in [4.78, 5) is 17.2. The van der Waals surface area contributed by atoms with E-state index >= 15 is 0 Å². The number of benzene rings is 1. The van der Waals surface area contributed by atoms with Crippen molar-refractivity contribution in [2.45, 2.75) is 31.2 Å². The second-order valence-electron chi connectivity index (χ2n) is 6.29. The lowest BCUT2D eigenvalue weighted by molar-refractivity contribution is -0.274. The Kier molecular flexibility index (Phi) is 5.64. The molecule has 0 saturated carbocycles. The van der Waals surface area contributed by atoms with Crippen LogP contribution >= 0.6 is 0 Å². The predicted octanol–water partition coefficient (Wildman–Crippen LogP) is 2.84. The van der Waals surface area contributed by atoms with Gasteiger partial charge in [-0.3, -0.25) is 4.79 Å².